The van der Waals surface area contributed by atoms with Gasteiger partial charge in [0.1, 0.15) is 6.17 Å². The number of piperidine rings is 2. The third-order valence-electron chi connectivity index (χ3n) is 3.99. The van der Waals surface area contributed by atoms with E-state index >= 15 is 0 Å². The minimum atomic E-state index is -3.49. The molecule has 1 atom stereocenters. The van der Waals surface area contributed by atoms with Gasteiger partial charge in [0.15, 0.2) is 0 Å². The standard InChI is InChI=1S/C12H21N3O3S/c1-11-5-8-14(9-6-11)19(17,18)15-7-3-2-4-12(15)13-10-16/h11-12H,2-9H2,1H3. The molecule has 2 saturated heterocycles. The molecular formula is C12H21N3O3S. The van der Waals surface area contributed by atoms with Gasteiger partial charge in [-0.1, -0.05) is 6.92 Å². The van der Waals surface area contributed by atoms with Crippen LogP contribution >= 0.6 is 0 Å². The first kappa shape index (κ1) is 14.7. The van der Waals surface area contributed by atoms with E-state index in [1.54, 1.807) is 0 Å². The minimum Gasteiger partial charge on any atom is -0.211 e. The molecule has 0 saturated carbocycles. The number of rotatable bonds is 3. The molecule has 2 aliphatic heterocycles. The SMILES string of the molecule is CC1CCN(S(=O)(=O)N2CCCCC2N=C=O)CC1. The summed E-state index contributed by atoms with van der Waals surface area (Å²) in [5.41, 5.74) is 0. The van der Waals surface area contributed by atoms with Crippen LogP contribution in [0.25, 0.3) is 0 Å². The molecule has 0 aromatic heterocycles. The highest BCUT2D eigenvalue weighted by atomic mass is 32.2. The molecule has 0 aromatic rings. The Morgan fingerprint density at radius 3 is 2.42 bits per heavy atom. The molecule has 2 aliphatic rings. The van der Waals surface area contributed by atoms with E-state index in [4.69, 9.17) is 0 Å². The Labute approximate surface area is 114 Å². The van der Waals surface area contributed by atoms with Crippen molar-refractivity contribution in [3.63, 3.8) is 0 Å². The Kier molecular flexibility index (Phi) is 4.73. The lowest BCUT2D eigenvalue weighted by Crippen LogP contribution is -2.51. The predicted octanol–water partition coefficient (Wildman–Crippen LogP) is 1.11. The smallest absolute Gasteiger partial charge is 0.211 e. The van der Waals surface area contributed by atoms with E-state index in [1.165, 1.54) is 14.7 Å². The lowest BCUT2D eigenvalue weighted by molar-refractivity contribution is 0.217. The highest BCUT2D eigenvalue weighted by molar-refractivity contribution is 7.86. The van der Waals surface area contributed by atoms with Crippen LogP contribution < -0.4 is 0 Å². The summed E-state index contributed by atoms with van der Waals surface area (Å²) in [6, 6.07) is 0. The molecule has 2 heterocycles. The minimum absolute atomic E-state index is 0.449. The van der Waals surface area contributed by atoms with Crippen LogP contribution in [0.5, 0.6) is 0 Å². The summed E-state index contributed by atoms with van der Waals surface area (Å²) in [6.45, 7) is 3.73. The number of carbonyl (C=O) groups excluding carboxylic acids is 1. The van der Waals surface area contributed by atoms with Gasteiger partial charge < -0.3 is 0 Å². The van der Waals surface area contributed by atoms with Crippen LogP contribution in [0.3, 0.4) is 0 Å². The van der Waals surface area contributed by atoms with Gasteiger partial charge in [0, 0.05) is 19.6 Å². The molecular weight excluding hydrogens is 266 g/mol. The number of hydrogen-bond acceptors (Lipinski definition) is 4. The van der Waals surface area contributed by atoms with Crippen LogP contribution in [0.1, 0.15) is 39.0 Å². The van der Waals surface area contributed by atoms with Crippen molar-refractivity contribution in [2.24, 2.45) is 10.9 Å². The zero-order chi connectivity index (χ0) is 13.9. The van der Waals surface area contributed by atoms with E-state index in [0.717, 1.165) is 25.7 Å². The summed E-state index contributed by atoms with van der Waals surface area (Å²) in [4.78, 5) is 14.1. The van der Waals surface area contributed by atoms with Gasteiger partial charge in [-0.3, -0.25) is 0 Å². The summed E-state index contributed by atoms with van der Waals surface area (Å²) in [6.07, 6.45) is 5.07. The first-order chi connectivity index (χ1) is 9.05. The molecule has 19 heavy (non-hydrogen) atoms. The maximum absolute atomic E-state index is 12.6. The monoisotopic (exact) mass is 287 g/mol. The van der Waals surface area contributed by atoms with Gasteiger partial charge >= 0.3 is 0 Å². The van der Waals surface area contributed by atoms with E-state index in [-0.39, 0.29) is 0 Å². The average Bonchev–Trinajstić information content (AvgIpc) is 2.40. The molecule has 2 rings (SSSR count). The second-order valence-corrected chi connectivity index (χ2v) is 7.28. The summed E-state index contributed by atoms with van der Waals surface area (Å²) >= 11 is 0. The van der Waals surface area contributed by atoms with Crippen molar-refractivity contribution in [3.8, 4) is 0 Å². The van der Waals surface area contributed by atoms with Gasteiger partial charge in [0.05, 0.1) is 0 Å². The normalized spacial score (nSPS) is 27.9. The average molecular weight is 287 g/mol. The highest BCUT2D eigenvalue weighted by Gasteiger charge is 2.37. The summed E-state index contributed by atoms with van der Waals surface area (Å²) < 4.78 is 28.1. The van der Waals surface area contributed by atoms with Crippen molar-refractivity contribution in [1.82, 2.24) is 8.61 Å². The van der Waals surface area contributed by atoms with Gasteiger partial charge in [-0.05, 0) is 38.0 Å². The van der Waals surface area contributed by atoms with E-state index in [0.29, 0.717) is 32.0 Å². The maximum atomic E-state index is 12.6. The number of hydrogen-bond donors (Lipinski definition) is 0. The number of nitrogens with zero attached hydrogens (tertiary/aromatic N) is 3. The first-order valence-electron chi connectivity index (χ1n) is 6.89. The van der Waals surface area contributed by atoms with Gasteiger partial charge in [-0.15, -0.1) is 0 Å². The molecule has 7 heteroatoms. The molecule has 0 radical (unpaired) electrons. The van der Waals surface area contributed by atoms with Crippen molar-refractivity contribution in [2.45, 2.75) is 45.2 Å². The zero-order valence-corrected chi connectivity index (χ0v) is 12.1. The van der Waals surface area contributed by atoms with Crippen LogP contribution in [0.2, 0.25) is 0 Å². The van der Waals surface area contributed by atoms with Gasteiger partial charge in [0.25, 0.3) is 10.2 Å². The Morgan fingerprint density at radius 2 is 1.79 bits per heavy atom. The zero-order valence-electron chi connectivity index (χ0n) is 11.3. The van der Waals surface area contributed by atoms with Crippen LogP contribution in [-0.2, 0) is 15.0 Å². The van der Waals surface area contributed by atoms with Crippen LogP contribution in [0.4, 0.5) is 0 Å². The van der Waals surface area contributed by atoms with Gasteiger partial charge in [-0.2, -0.15) is 22.0 Å². The second kappa shape index (κ2) is 6.13. The van der Waals surface area contributed by atoms with E-state index < -0.39 is 16.4 Å². The van der Waals surface area contributed by atoms with Crippen molar-refractivity contribution >= 4 is 16.3 Å². The molecule has 0 bridgehead atoms. The summed E-state index contributed by atoms with van der Waals surface area (Å²) in [7, 11) is -3.49. The van der Waals surface area contributed by atoms with Crippen LogP contribution in [0, 0.1) is 5.92 Å². The van der Waals surface area contributed by atoms with Crippen LogP contribution in [-0.4, -0.2) is 48.9 Å². The van der Waals surface area contributed by atoms with E-state index in [9.17, 15) is 13.2 Å². The van der Waals surface area contributed by atoms with Crippen molar-refractivity contribution < 1.29 is 13.2 Å². The van der Waals surface area contributed by atoms with Crippen molar-refractivity contribution in [2.75, 3.05) is 19.6 Å². The summed E-state index contributed by atoms with van der Waals surface area (Å²) in [5, 5.41) is 0. The fraction of sp³-hybridized carbons (Fsp3) is 0.917. The molecule has 6 nitrogen and oxygen atoms in total. The summed E-state index contributed by atoms with van der Waals surface area (Å²) in [5.74, 6) is 0.580. The Hall–Kier alpha value is -0.750. The van der Waals surface area contributed by atoms with Gasteiger partial charge in [-0.25, -0.2) is 4.79 Å². The molecule has 0 N–H and O–H groups in total. The van der Waals surface area contributed by atoms with Gasteiger partial charge in [0.2, 0.25) is 6.08 Å². The largest absolute Gasteiger partial charge is 0.283 e. The highest BCUT2D eigenvalue weighted by Crippen LogP contribution is 2.26. The lowest BCUT2D eigenvalue weighted by atomic mass is 10.0. The maximum Gasteiger partial charge on any atom is 0.283 e. The fourth-order valence-electron chi connectivity index (χ4n) is 2.71. The van der Waals surface area contributed by atoms with Crippen molar-refractivity contribution in [1.29, 1.82) is 0 Å². The molecule has 0 amide bonds. The molecule has 0 spiro atoms. The molecule has 0 aliphatic carbocycles. The predicted molar refractivity (Wildman–Crippen MR) is 71.4 cm³/mol. The molecule has 1 unspecified atom stereocenters. The topological polar surface area (TPSA) is 70.1 Å². The van der Waals surface area contributed by atoms with Crippen LogP contribution in [0.15, 0.2) is 4.99 Å². The van der Waals surface area contributed by atoms with Crippen molar-refractivity contribution in [3.05, 3.63) is 0 Å². The first-order valence-corrected chi connectivity index (χ1v) is 8.29. The second-order valence-electron chi connectivity index (χ2n) is 5.40. The number of aliphatic imine (C=N–C) groups is 1. The fourth-order valence-corrected chi connectivity index (χ4v) is 4.50. The van der Waals surface area contributed by atoms with E-state index in [1.807, 2.05) is 0 Å². The lowest BCUT2D eigenvalue weighted by Gasteiger charge is -2.37. The third kappa shape index (κ3) is 3.23. The number of isocyanates is 1. The Balaban J connectivity index is 2.14. The van der Waals surface area contributed by atoms with E-state index in [2.05, 4.69) is 11.9 Å². The third-order valence-corrected chi connectivity index (χ3v) is 6.03. The Morgan fingerprint density at radius 1 is 1.11 bits per heavy atom. The molecule has 2 fully saturated rings. The molecule has 108 valence electrons. The Bertz CT molecular complexity index is 451. The quantitative estimate of drug-likeness (QED) is 0.577. The molecule has 0 aromatic carbocycles.